The number of rotatable bonds is 1. The minimum atomic E-state index is 0.216. The molecule has 76 valence electrons. The molecule has 2 rings (SSSR count). The highest BCUT2D eigenvalue weighted by Crippen LogP contribution is 2.33. The van der Waals surface area contributed by atoms with E-state index in [2.05, 4.69) is 18.3 Å². The van der Waals surface area contributed by atoms with Gasteiger partial charge in [0.15, 0.2) is 0 Å². The predicted octanol–water partition coefficient (Wildman–Crippen LogP) is 3.24. The van der Waals surface area contributed by atoms with Gasteiger partial charge in [-0.3, -0.25) is 0 Å². The summed E-state index contributed by atoms with van der Waals surface area (Å²) in [5, 5.41) is 4.65. The van der Waals surface area contributed by atoms with Crippen LogP contribution in [0.25, 0.3) is 0 Å². The van der Waals surface area contributed by atoms with E-state index < -0.39 is 0 Å². The lowest BCUT2D eigenvalue weighted by atomic mass is 9.82. The molecule has 1 N–H and O–H groups in total. The minimum Gasteiger partial charge on any atom is -0.316 e. The molecule has 1 atom stereocenters. The summed E-state index contributed by atoms with van der Waals surface area (Å²) in [6.07, 6.45) is 1.16. The second-order valence-corrected chi connectivity index (χ2v) is 4.93. The van der Waals surface area contributed by atoms with Crippen LogP contribution in [0.3, 0.4) is 0 Å². The third kappa shape index (κ3) is 1.77. The molecule has 0 saturated carbocycles. The van der Waals surface area contributed by atoms with Crippen LogP contribution in [0.5, 0.6) is 0 Å². The van der Waals surface area contributed by atoms with Crippen molar-refractivity contribution in [2.75, 3.05) is 13.1 Å². The highest BCUT2D eigenvalue weighted by atomic mass is 35.5. The van der Waals surface area contributed by atoms with Gasteiger partial charge in [0, 0.05) is 12.0 Å². The molecule has 1 nitrogen and oxygen atoms in total. The summed E-state index contributed by atoms with van der Waals surface area (Å²) >= 11 is 11.9. The summed E-state index contributed by atoms with van der Waals surface area (Å²) in [7, 11) is 0. The molecular formula is C11H13Cl2N. The summed E-state index contributed by atoms with van der Waals surface area (Å²) in [6, 6.07) is 5.93. The monoisotopic (exact) mass is 229 g/mol. The number of hydrogen-bond donors (Lipinski definition) is 1. The van der Waals surface area contributed by atoms with Crippen LogP contribution in [0.2, 0.25) is 10.0 Å². The van der Waals surface area contributed by atoms with Crippen molar-refractivity contribution >= 4 is 23.2 Å². The van der Waals surface area contributed by atoms with Gasteiger partial charge < -0.3 is 5.32 Å². The van der Waals surface area contributed by atoms with Crippen molar-refractivity contribution in [2.45, 2.75) is 18.8 Å². The van der Waals surface area contributed by atoms with Gasteiger partial charge in [0.05, 0.1) is 10.0 Å². The third-order valence-corrected chi connectivity index (χ3v) is 3.72. The van der Waals surface area contributed by atoms with Crippen molar-refractivity contribution in [2.24, 2.45) is 0 Å². The number of halogens is 2. The molecule has 0 bridgehead atoms. The highest BCUT2D eigenvalue weighted by Gasteiger charge is 2.30. The Bertz CT molecular complexity index is 343. The van der Waals surface area contributed by atoms with Gasteiger partial charge in [0.2, 0.25) is 0 Å². The van der Waals surface area contributed by atoms with Crippen LogP contribution in [-0.4, -0.2) is 13.1 Å². The summed E-state index contributed by atoms with van der Waals surface area (Å²) in [4.78, 5) is 0. The SMILES string of the molecule is C[C@]1(c2ccc(Cl)c(Cl)c2)CCNC1. The first-order chi connectivity index (χ1) is 6.62. The van der Waals surface area contributed by atoms with Gasteiger partial charge in [-0.15, -0.1) is 0 Å². The van der Waals surface area contributed by atoms with E-state index in [0.717, 1.165) is 19.5 Å². The first-order valence-corrected chi connectivity index (χ1v) is 5.54. The fraction of sp³-hybridized carbons (Fsp3) is 0.455. The molecule has 3 heteroatoms. The lowest BCUT2D eigenvalue weighted by Gasteiger charge is -2.23. The van der Waals surface area contributed by atoms with Crippen molar-refractivity contribution in [1.29, 1.82) is 0 Å². The Morgan fingerprint density at radius 3 is 2.64 bits per heavy atom. The quantitative estimate of drug-likeness (QED) is 0.780. The Morgan fingerprint density at radius 1 is 1.29 bits per heavy atom. The van der Waals surface area contributed by atoms with Gasteiger partial charge in [-0.2, -0.15) is 0 Å². The number of hydrogen-bond acceptors (Lipinski definition) is 1. The molecule has 1 aromatic rings. The maximum Gasteiger partial charge on any atom is 0.0595 e. The Balaban J connectivity index is 2.36. The summed E-state index contributed by atoms with van der Waals surface area (Å²) < 4.78 is 0. The summed E-state index contributed by atoms with van der Waals surface area (Å²) in [5.41, 5.74) is 1.49. The van der Waals surface area contributed by atoms with Gasteiger partial charge >= 0.3 is 0 Å². The van der Waals surface area contributed by atoms with Gasteiger partial charge in [-0.1, -0.05) is 36.2 Å². The molecule has 0 unspecified atom stereocenters. The largest absolute Gasteiger partial charge is 0.316 e. The van der Waals surface area contributed by atoms with Gasteiger partial charge in [-0.25, -0.2) is 0 Å². The molecule has 1 saturated heterocycles. The molecule has 1 heterocycles. The zero-order chi connectivity index (χ0) is 10.2. The van der Waals surface area contributed by atoms with Crippen molar-refractivity contribution in [3.05, 3.63) is 33.8 Å². The van der Waals surface area contributed by atoms with E-state index in [1.807, 2.05) is 12.1 Å². The van der Waals surface area contributed by atoms with Crippen LogP contribution in [0.15, 0.2) is 18.2 Å². The molecule has 0 radical (unpaired) electrons. The van der Waals surface area contributed by atoms with Crippen LogP contribution in [0.1, 0.15) is 18.9 Å². The summed E-state index contributed by atoms with van der Waals surface area (Å²) in [5.74, 6) is 0. The lowest BCUT2D eigenvalue weighted by molar-refractivity contribution is 0.525. The maximum atomic E-state index is 6.00. The molecule has 0 aromatic heterocycles. The second-order valence-electron chi connectivity index (χ2n) is 4.12. The number of nitrogens with one attached hydrogen (secondary N) is 1. The molecule has 0 amide bonds. The fourth-order valence-electron chi connectivity index (χ4n) is 1.93. The zero-order valence-corrected chi connectivity index (χ0v) is 9.62. The predicted molar refractivity (Wildman–Crippen MR) is 61.3 cm³/mol. The Kier molecular flexibility index (Phi) is 2.74. The average molecular weight is 230 g/mol. The Morgan fingerprint density at radius 2 is 2.07 bits per heavy atom. The van der Waals surface area contributed by atoms with Crippen LogP contribution in [0.4, 0.5) is 0 Å². The molecule has 1 aromatic carbocycles. The zero-order valence-electron chi connectivity index (χ0n) is 8.11. The number of benzene rings is 1. The van der Waals surface area contributed by atoms with E-state index >= 15 is 0 Å². The van der Waals surface area contributed by atoms with E-state index in [4.69, 9.17) is 23.2 Å². The van der Waals surface area contributed by atoms with Crippen molar-refractivity contribution in [3.8, 4) is 0 Å². The van der Waals surface area contributed by atoms with Crippen LogP contribution < -0.4 is 5.32 Å². The van der Waals surface area contributed by atoms with Crippen molar-refractivity contribution in [3.63, 3.8) is 0 Å². The second kappa shape index (κ2) is 3.73. The Hall–Kier alpha value is -0.240. The van der Waals surface area contributed by atoms with Crippen molar-refractivity contribution < 1.29 is 0 Å². The van der Waals surface area contributed by atoms with Gasteiger partial charge in [0.1, 0.15) is 0 Å². The Labute approximate surface area is 94.4 Å². The van der Waals surface area contributed by atoms with Crippen LogP contribution in [0, 0.1) is 0 Å². The summed E-state index contributed by atoms with van der Waals surface area (Å²) in [6.45, 7) is 4.36. The highest BCUT2D eigenvalue weighted by molar-refractivity contribution is 6.42. The standard InChI is InChI=1S/C11H13Cl2N/c1-11(4-5-14-7-11)8-2-3-9(12)10(13)6-8/h2-3,6,14H,4-5,7H2,1H3/t11-/m0/s1. The molecule has 14 heavy (non-hydrogen) atoms. The topological polar surface area (TPSA) is 12.0 Å². The third-order valence-electron chi connectivity index (χ3n) is 2.99. The molecule has 0 spiro atoms. The van der Waals surface area contributed by atoms with Gasteiger partial charge in [-0.05, 0) is 30.7 Å². The minimum absolute atomic E-state index is 0.216. The molecule has 0 aliphatic carbocycles. The van der Waals surface area contributed by atoms with E-state index in [-0.39, 0.29) is 5.41 Å². The smallest absolute Gasteiger partial charge is 0.0595 e. The first kappa shape index (κ1) is 10.3. The lowest BCUT2D eigenvalue weighted by Crippen LogP contribution is -2.24. The van der Waals surface area contributed by atoms with E-state index in [1.54, 1.807) is 0 Å². The molecule has 1 fully saturated rings. The molecular weight excluding hydrogens is 217 g/mol. The molecule has 1 aliphatic rings. The van der Waals surface area contributed by atoms with Crippen LogP contribution in [-0.2, 0) is 5.41 Å². The van der Waals surface area contributed by atoms with Crippen LogP contribution >= 0.6 is 23.2 Å². The maximum absolute atomic E-state index is 6.00. The van der Waals surface area contributed by atoms with E-state index in [1.165, 1.54) is 5.56 Å². The first-order valence-electron chi connectivity index (χ1n) is 4.78. The van der Waals surface area contributed by atoms with Crippen molar-refractivity contribution in [1.82, 2.24) is 5.32 Å². The molecule has 1 aliphatic heterocycles. The normalized spacial score (nSPS) is 26.8. The fourth-order valence-corrected chi connectivity index (χ4v) is 2.23. The van der Waals surface area contributed by atoms with Gasteiger partial charge in [0.25, 0.3) is 0 Å². The average Bonchev–Trinajstić information content (AvgIpc) is 2.58. The van der Waals surface area contributed by atoms with E-state index in [0.29, 0.717) is 10.0 Å². The van der Waals surface area contributed by atoms with E-state index in [9.17, 15) is 0 Å².